The first-order chi connectivity index (χ1) is 11.9. The number of benzene rings is 2. The van der Waals surface area contributed by atoms with Crippen LogP contribution in [0.15, 0.2) is 52.2 Å². The second-order valence-corrected chi connectivity index (χ2v) is 6.84. The molecule has 3 N–H and O–H groups in total. The summed E-state index contributed by atoms with van der Waals surface area (Å²) in [5.74, 6) is -0.619. The number of hydrogen-bond donors (Lipinski definition) is 3. The highest BCUT2D eigenvalue weighted by atomic mass is 32.2. The molecule has 0 radical (unpaired) electrons. The summed E-state index contributed by atoms with van der Waals surface area (Å²) in [6.45, 7) is 1.84. The molecule has 0 aliphatic carbocycles. The van der Waals surface area contributed by atoms with Gasteiger partial charge in [0.25, 0.3) is 10.0 Å². The van der Waals surface area contributed by atoms with Gasteiger partial charge in [-0.1, -0.05) is 12.1 Å². The highest BCUT2D eigenvalue weighted by molar-refractivity contribution is 7.92. The summed E-state index contributed by atoms with van der Waals surface area (Å²) in [6.07, 6.45) is 0. The molecule has 0 spiro atoms. The molecule has 0 saturated heterocycles. The van der Waals surface area contributed by atoms with Crippen molar-refractivity contribution in [1.82, 2.24) is 9.97 Å². The molecule has 0 fully saturated rings. The summed E-state index contributed by atoms with van der Waals surface area (Å²) in [7, 11) is -3.96. The van der Waals surface area contributed by atoms with Crippen molar-refractivity contribution < 1.29 is 17.9 Å². The number of aromatic amines is 2. The maximum Gasteiger partial charge on any atom is 0.340 e. The van der Waals surface area contributed by atoms with E-state index in [-0.39, 0.29) is 22.8 Å². The SMILES string of the molecule is CCOC(=O)c1ccccc1NS(=O)(=O)c1ccc2[nH]c(=O)[nH]c2c1. The van der Waals surface area contributed by atoms with E-state index in [9.17, 15) is 18.0 Å². The lowest BCUT2D eigenvalue weighted by atomic mass is 10.2. The Morgan fingerprint density at radius 3 is 2.60 bits per heavy atom. The van der Waals surface area contributed by atoms with E-state index in [0.717, 1.165) is 0 Å². The average Bonchev–Trinajstić information content (AvgIpc) is 2.94. The molecule has 0 aliphatic heterocycles. The fraction of sp³-hybridized carbons (Fsp3) is 0.125. The fourth-order valence-electron chi connectivity index (χ4n) is 2.34. The number of para-hydroxylation sites is 1. The lowest BCUT2D eigenvalue weighted by Gasteiger charge is -2.12. The standard InChI is InChI=1S/C16H15N3O5S/c1-2-24-15(20)11-5-3-4-6-12(11)19-25(22,23)10-7-8-13-14(9-10)18-16(21)17-13/h3-9,19H,2H2,1H3,(H2,17,18,21). The van der Waals surface area contributed by atoms with E-state index in [1.807, 2.05) is 0 Å². The molecule has 0 atom stereocenters. The van der Waals surface area contributed by atoms with E-state index in [2.05, 4.69) is 14.7 Å². The van der Waals surface area contributed by atoms with Crippen LogP contribution in [0.1, 0.15) is 17.3 Å². The number of sulfonamides is 1. The van der Waals surface area contributed by atoms with Crippen LogP contribution in [0.4, 0.5) is 5.69 Å². The molecule has 0 saturated carbocycles. The highest BCUT2D eigenvalue weighted by Crippen LogP contribution is 2.22. The van der Waals surface area contributed by atoms with Gasteiger partial charge in [0.05, 0.1) is 33.8 Å². The van der Waals surface area contributed by atoms with Gasteiger partial charge in [-0.3, -0.25) is 4.72 Å². The Labute approximate surface area is 142 Å². The molecule has 3 rings (SSSR count). The normalized spacial score (nSPS) is 11.4. The molecular weight excluding hydrogens is 346 g/mol. The van der Waals surface area contributed by atoms with Crippen LogP contribution in [0.3, 0.4) is 0 Å². The van der Waals surface area contributed by atoms with Crippen LogP contribution in [0.5, 0.6) is 0 Å². The summed E-state index contributed by atoms with van der Waals surface area (Å²) >= 11 is 0. The Morgan fingerprint density at radius 1 is 1.12 bits per heavy atom. The van der Waals surface area contributed by atoms with Gasteiger partial charge in [-0.2, -0.15) is 0 Å². The number of fused-ring (bicyclic) bond motifs is 1. The molecule has 0 unspecified atom stereocenters. The first kappa shape index (κ1) is 16.8. The van der Waals surface area contributed by atoms with E-state index in [0.29, 0.717) is 11.0 Å². The predicted molar refractivity (Wildman–Crippen MR) is 92.1 cm³/mol. The molecule has 25 heavy (non-hydrogen) atoms. The van der Waals surface area contributed by atoms with Gasteiger partial charge >= 0.3 is 11.7 Å². The summed E-state index contributed by atoms with van der Waals surface area (Å²) in [5, 5.41) is 0. The number of ether oxygens (including phenoxy) is 1. The highest BCUT2D eigenvalue weighted by Gasteiger charge is 2.19. The van der Waals surface area contributed by atoms with Crippen molar-refractivity contribution in [2.45, 2.75) is 11.8 Å². The van der Waals surface area contributed by atoms with Gasteiger partial charge in [0.1, 0.15) is 0 Å². The van der Waals surface area contributed by atoms with Crippen molar-refractivity contribution in [2.75, 3.05) is 11.3 Å². The minimum atomic E-state index is -3.96. The Kier molecular flexibility index (Phi) is 4.32. The number of carbonyl (C=O) groups is 1. The van der Waals surface area contributed by atoms with Crippen molar-refractivity contribution in [3.05, 3.63) is 58.5 Å². The van der Waals surface area contributed by atoms with E-state index in [1.165, 1.54) is 30.3 Å². The maximum absolute atomic E-state index is 12.6. The zero-order valence-electron chi connectivity index (χ0n) is 13.2. The average molecular weight is 361 g/mol. The van der Waals surface area contributed by atoms with Crippen molar-refractivity contribution in [3.8, 4) is 0 Å². The lowest BCUT2D eigenvalue weighted by molar-refractivity contribution is 0.0527. The van der Waals surface area contributed by atoms with Crippen LogP contribution in [-0.2, 0) is 14.8 Å². The van der Waals surface area contributed by atoms with Crippen molar-refractivity contribution in [1.29, 1.82) is 0 Å². The molecule has 0 aliphatic rings. The van der Waals surface area contributed by atoms with E-state index in [1.54, 1.807) is 19.1 Å². The smallest absolute Gasteiger partial charge is 0.340 e. The Bertz CT molecular complexity index is 1100. The predicted octanol–water partition coefficient (Wildman–Crippen LogP) is 1.83. The van der Waals surface area contributed by atoms with Gasteiger partial charge in [-0.25, -0.2) is 18.0 Å². The minimum absolute atomic E-state index is 0.0473. The summed E-state index contributed by atoms with van der Waals surface area (Å²) in [4.78, 5) is 28.3. The van der Waals surface area contributed by atoms with E-state index >= 15 is 0 Å². The Hall–Kier alpha value is -3.07. The Morgan fingerprint density at radius 2 is 1.84 bits per heavy atom. The molecule has 8 nitrogen and oxygen atoms in total. The Balaban J connectivity index is 1.98. The topological polar surface area (TPSA) is 121 Å². The number of hydrogen-bond acceptors (Lipinski definition) is 5. The molecule has 1 aromatic heterocycles. The van der Waals surface area contributed by atoms with Gasteiger partial charge in [0.2, 0.25) is 0 Å². The van der Waals surface area contributed by atoms with Crippen molar-refractivity contribution in [2.24, 2.45) is 0 Å². The summed E-state index contributed by atoms with van der Waals surface area (Å²) in [6, 6.07) is 10.3. The van der Waals surface area contributed by atoms with Crippen LogP contribution in [0, 0.1) is 0 Å². The number of imidazole rings is 1. The minimum Gasteiger partial charge on any atom is -0.462 e. The maximum atomic E-state index is 12.6. The van der Waals surface area contributed by atoms with Crippen LogP contribution < -0.4 is 10.4 Å². The van der Waals surface area contributed by atoms with Gasteiger partial charge in [0, 0.05) is 0 Å². The molecule has 9 heteroatoms. The zero-order valence-corrected chi connectivity index (χ0v) is 14.0. The second kappa shape index (κ2) is 6.44. The lowest BCUT2D eigenvalue weighted by Crippen LogP contribution is -2.16. The summed E-state index contributed by atoms with van der Waals surface area (Å²) in [5.41, 5.74) is 0.667. The van der Waals surface area contributed by atoms with Crippen molar-refractivity contribution in [3.63, 3.8) is 0 Å². The second-order valence-electron chi connectivity index (χ2n) is 5.16. The number of esters is 1. The van der Waals surface area contributed by atoms with Gasteiger partial charge in [0.15, 0.2) is 0 Å². The quantitative estimate of drug-likeness (QED) is 0.599. The monoisotopic (exact) mass is 361 g/mol. The molecule has 130 valence electrons. The first-order valence-corrected chi connectivity index (χ1v) is 8.90. The molecule has 3 aromatic rings. The third-order valence-electron chi connectivity index (χ3n) is 3.46. The molecule has 2 aromatic carbocycles. The van der Waals surface area contributed by atoms with Crippen LogP contribution in [0.25, 0.3) is 11.0 Å². The van der Waals surface area contributed by atoms with Crippen LogP contribution in [-0.4, -0.2) is 31.0 Å². The molecule has 0 bridgehead atoms. The third kappa shape index (κ3) is 3.41. The largest absolute Gasteiger partial charge is 0.462 e. The third-order valence-corrected chi connectivity index (χ3v) is 4.83. The fourth-order valence-corrected chi connectivity index (χ4v) is 3.45. The van der Waals surface area contributed by atoms with E-state index < -0.39 is 21.7 Å². The number of anilines is 1. The molecular formula is C16H15N3O5S. The summed E-state index contributed by atoms with van der Waals surface area (Å²) < 4.78 is 32.6. The number of rotatable bonds is 5. The van der Waals surface area contributed by atoms with Crippen LogP contribution in [0.2, 0.25) is 0 Å². The number of H-pyrrole nitrogens is 2. The number of carbonyl (C=O) groups excluding carboxylic acids is 1. The molecule has 1 heterocycles. The first-order valence-electron chi connectivity index (χ1n) is 7.42. The van der Waals surface area contributed by atoms with Crippen LogP contribution >= 0.6 is 0 Å². The van der Waals surface area contributed by atoms with Crippen molar-refractivity contribution >= 4 is 32.7 Å². The number of nitrogens with one attached hydrogen (secondary N) is 3. The van der Waals surface area contributed by atoms with Gasteiger partial charge < -0.3 is 14.7 Å². The molecule has 0 amide bonds. The van der Waals surface area contributed by atoms with Gasteiger partial charge in [-0.05, 0) is 37.3 Å². The van der Waals surface area contributed by atoms with E-state index in [4.69, 9.17) is 4.74 Å². The van der Waals surface area contributed by atoms with Gasteiger partial charge in [-0.15, -0.1) is 0 Å². The zero-order chi connectivity index (χ0) is 18.0. The number of aromatic nitrogens is 2.